The highest BCUT2D eigenvalue weighted by molar-refractivity contribution is 6.05. The molecule has 1 atom stereocenters. The first-order valence-corrected chi connectivity index (χ1v) is 13.8. The maximum Gasteiger partial charge on any atom is 0.205 e. The van der Waals surface area contributed by atoms with E-state index in [1.54, 1.807) is 21.3 Å². The predicted molar refractivity (Wildman–Crippen MR) is 160 cm³/mol. The first kappa shape index (κ1) is 26.5. The van der Waals surface area contributed by atoms with Gasteiger partial charge in [-0.15, -0.1) is 0 Å². The fourth-order valence-electron chi connectivity index (χ4n) is 6.05. The van der Waals surface area contributed by atoms with Crippen LogP contribution in [0, 0.1) is 5.92 Å². The molecule has 0 amide bonds. The Morgan fingerprint density at radius 3 is 2.49 bits per heavy atom. The van der Waals surface area contributed by atoms with Gasteiger partial charge in [-0.25, -0.2) is 0 Å². The number of carbonyl (C=O) groups excluding carboxylic acids is 1. The van der Waals surface area contributed by atoms with Gasteiger partial charge < -0.3 is 23.9 Å². The number of aromatic amines is 1. The number of fused-ring (bicyclic) bond motifs is 3. The van der Waals surface area contributed by atoms with Gasteiger partial charge in [0.1, 0.15) is 12.4 Å². The summed E-state index contributed by atoms with van der Waals surface area (Å²) >= 11 is 0. The van der Waals surface area contributed by atoms with Gasteiger partial charge in [-0.1, -0.05) is 61.2 Å². The van der Waals surface area contributed by atoms with Crippen LogP contribution in [0.4, 0.5) is 0 Å². The third-order valence-corrected chi connectivity index (χ3v) is 7.96. The molecular formula is C35H33NO5. The normalized spacial score (nSPS) is 18.1. The molecule has 0 bridgehead atoms. The van der Waals surface area contributed by atoms with Gasteiger partial charge in [-0.2, -0.15) is 0 Å². The lowest BCUT2D eigenvalue weighted by Crippen LogP contribution is -2.25. The number of methoxy groups -OCH3 is 3. The Morgan fingerprint density at radius 1 is 0.951 bits per heavy atom. The summed E-state index contributed by atoms with van der Waals surface area (Å²) in [4.78, 5) is 17.7. The smallest absolute Gasteiger partial charge is 0.205 e. The van der Waals surface area contributed by atoms with Crippen LogP contribution in [0.15, 0.2) is 113 Å². The number of aromatic nitrogens is 1. The Bertz CT molecular complexity index is 1700. The fourth-order valence-corrected chi connectivity index (χ4v) is 6.05. The van der Waals surface area contributed by atoms with E-state index in [-0.39, 0.29) is 5.78 Å². The molecule has 3 aliphatic carbocycles. The topological polar surface area (TPSA) is 69.8 Å². The lowest BCUT2D eigenvalue weighted by atomic mass is 9.70. The predicted octanol–water partition coefficient (Wildman–Crippen LogP) is 7.57. The quantitative estimate of drug-likeness (QED) is 0.295. The summed E-state index contributed by atoms with van der Waals surface area (Å²) in [6, 6.07) is 13.8. The average molecular weight is 548 g/mol. The molecular weight excluding hydrogens is 514 g/mol. The molecule has 2 aromatic carbocycles. The molecule has 6 heteroatoms. The minimum absolute atomic E-state index is 0.0189. The molecule has 0 aliphatic heterocycles. The van der Waals surface area contributed by atoms with Crippen LogP contribution in [0.1, 0.15) is 35.3 Å². The minimum Gasteiger partial charge on any atom is -0.493 e. The molecule has 1 heterocycles. The Morgan fingerprint density at radius 2 is 1.73 bits per heavy atom. The number of rotatable bonds is 8. The van der Waals surface area contributed by atoms with E-state index in [0.29, 0.717) is 35.1 Å². The third-order valence-electron chi connectivity index (χ3n) is 7.96. The zero-order valence-electron chi connectivity index (χ0n) is 23.6. The summed E-state index contributed by atoms with van der Waals surface area (Å²) in [5.74, 6) is 1.77. The van der Waals surface area contributed by atoms with Crippen LogP contribution in [0.3, 0.4) is 0 Å². The van der Waals surface area contributed by atoms with Crippen molar-refractivity contribution in [1.29, 1.82) is 0 Å². The van der Waals surface area contributed by atoms with Crippen LogP contribution in [0.5, 0.6) is 17.2 Å². The molecule has 0 spiro atoms. The van der Waals surface area contributed by atoms with Crippen LogP contribution in [0.25, 0.3) is 10.9 Å². The van der Waals surface area contributed by atoms with Gasteiger partial charge in [0.2, 0.25) is 5.75 Å². The minimum atomic E-state index is -0.459. The highest BCUT2D eigenvalue weighted by Crippen LogP contribution is 2.48. The van der Waals surface area contributed by atoms with Gasteiger partial charge in [0.05, 0.1) is 38.5 Å². The lowest BCUT2D eigenvalue weighted by molar-refractivity contribution is 0.0953. The van der Waals surface area contributed by atoms with Gasteiger partial charge in [0.25, 0.3) is 0 Å². The molecule has 1 N–H and O–H groups in total. The van der Waals surface area contributed by atoms with E-state index < -0.39 is 5.92 Å². The number of benzene rings is 2. The van der Waals surface area contributed by atoms with Crippen molar-refractivity contribution < 1.29 is 23.7 Å². The van der Waals surface area contributed by atoms with Crippen LogP contribution < -0.4 is 14.2 Å². The number of ether oxygens (including phenoxy) is 4. The summed E-state index contributed by atoms with van der Waals surface area (Å²) in [6.07, 6.45) is 12.9. The molecule has 3 aliphatic rings. The van der Waals surface area contributed by atoms with E-state index in [4.69, 9.17) is 18.9 Å². The summed E-state index contributed by atoms with van der Waals surface area (Å²) in [5.41, 5.74) is 7.50. The van der Waals surface area contributed by atoms with E-state index in [2.05, 4.69) is 23.7 Å². The summed E-state index contributed by atoms with van der Waals surface area (Å²) in [7, 11) is 4.72. The number of nitrogens with one attached hydrogen (secondary N) is 1. The van der Waals surface area contributed by atoms with Crippen LogP contribution in [-0.2, 0) is 11.3 Å². The van der Waals surface area contributed by atoms with Crippen molar-refractivity contribution in [2.45, 2.75) is 25.9 Å². The van der Waals surface area contributed by atoms with Gasteiger partial charge in [-0.3, -0.25) is 4.79 Å². The SMILES string of the molecule is C=C1CCCC2=C1C1=CC=CC=C(OCc3ccccc3)C1=CC2C(=O)c1cc2cc(OC)c(OC)c(OC)c2[nH]1. The number of allylic oxidation sites excluding steroid dienone is 9. The monoisotopic (exact) mass is 547 g/mol. The van der Waals surface area contributed by atoms with Crippen LogP contribution >= 0.6 is 0 Å². The van der Waals surface area contributed by atoms with Crippen molar-refractivity contribution in [3.63, 3.8) is 0 Å². The van der Waals surface area contributed by atoms with Crippen molar-refractivity contribution in [3.8, 4) is 17.2 Å². The van der Waals surface area contributed by atoms with Gasteiger partial charge in [0.15, 0.2) is 17.3 Å². The Labute approximate surface area is 240 Å². The van der Waals surface area contributed by atoms with Gasteiger partial charge in [0, 0.05) is 11.0 Å². The average Bonchev–Trinajstić information content (AvgIpc) is 3.32. The summed E-state index contributed by atoms with van der Waals surface area (Å²) in [6.45, 7) is 4.86. The molecule has 6 rings (SSSR count). The highest BCUT2D eigenvalue weighted by Gasteiger charge is 2.36. The van der Waals surface area contributed by atoms with Gasteiger partial charge >= 0.3 is 0 Å². The fraction of sp³-hybridized carbons (Fsp3) is 0.229. The molecule has 208 valence electrons. The molecule has 0 fully saturated rings. The molecule has 0 saturated carbocycles. The van der Waals surface area contributed by atoms with Crippen molar-refractivity contribution in [3.05, 3.63) is 124 Å². The number of Topliss-reactive ketones (excluding diaryl/α,β-unsaturated/α-hetero) is 1. The zero-order chi connectivity index (χ0) is 28.5. The molecule has 1 aromatic heterocycles. The molecule has 0 saturated heterocycles. The number of ketones is 1. The van der Waals surface area contributed by atoms with Crippen molar-refractivity contribution in [2.24, 2.45) is 5.92 Å². The molecule has 1 unspecified atom stereocenters. The maximum atomic E-state index is 14.3. The Balaban J connectivity index is 1.44. The van der Waals surface area contributed by atoms with Crippen molar-refractivity contribution >= 4 is 16.7 Å². The zero-order valence-corrected chi connectivity index (χ0v) is 23.6. The Hall–Kier alpha value is -4.71. The maximum absolute atomic E-state index is 14.3. The van der Waals surface area contributed by atoms with E-state index in [1.807, 2.05) is 60.7 Å². The number of hydrogen-bond acceptors (Lipinski definition) is 5. The van der Waals surface area contributed by atoms with E-state index in [9.17, 15) is 4.79 Å². The van der Waals surface area contributed by atoms with Crippen molar-refractivity contribution in [1.82, 2.24) is 4.98 Å². The van der Waals surface area contributed by atoms with Crippen molar-refractivity contribution in [2.75, 3.05) is 21.3 Å². The number of hydrogen-bond donors (Lipinski definition) is 1. The second-order valence-corrected chi connectivity index (χ2v) is 10.3. The van der Waals surface area contributed by atoms with Gasteiger partial charge in [-0.05, 0) is 65.3 Å². The molecule has 6 nitrogen and oxygen atoms in total. The third kappa shape index (κ3) is 4.69. The second-order valence-electron chi connectivity index (χ2n) is 10.3. The molecule has 41 heavy (non-hydrogen) atoms. The first-order valence-electron chi connectivity index (χ1n) is 13.8. The largest absolute Gasteiger partial charge is 0.493 e. The van der Waals surface area contributed by atoms with Crippen LogP contribution in [0.2, 0.25) is 0 Å². The highest BCUT2D eigenvalue weighted by atomic mass is 16.5. The van der Waals surface area contributed by atoms with Crippen LogP contribution in [-0.4, -0.2) is 32.1 Å². The first-order chi connectivity index (χ1) is 20.0. The lowest BCUT2D eigenvalue weighted by Gasteiger charge is -2.33. The summed E-state index contributed by atoms with van der Waals surface area (Å²) < 4.78 is 23.1. The van der Waals surface area contributed by atoms with E-state index >= 15 is 0 Å². The van der Waals surface area contributed by atoms with E-state index in [0.717, 1.165) is 63.8 Å². The second kappa shape index (κ2) is 11.0. The van der Waals surface area contributed by atoms with E-state index in [1.165, 1.54) is 0 Å². The molecule has 3 aromatic rings. The Kier molecular flexibility index (Phi) is 7.14. The number of carbonyl (C=O) groups is 1. The summed E-state index contributed by atoms with van der Waals surface area (Å²) in [5, 5.41) is 0.805. The standard InChI is InChI=1S/C35H33NO5/c1-21-11-10-15-25-27(33(37)28-17-23-18-30(38-2)34(39-3)35(40-4)32(23)36-28)19-26-24(31(21)25)14-8-9-16-29(26)41-20-22-12-6-5-7-13-22/h5-9,12-14,16-19,27,36H,1,10-11,15,20H2,2-4H3. The molecule has 0 radical (unpaired) electrons. The number of H-pyrrole nitrogens is 1.